The van der Waals surface area contributed by atoms with E-state index in [1.54, 1.807) is 25.7 Å². The minimum absolute atomic E-state index is 0.0292. The van der Waals surface area contributed by atoms with Crippen LogP contribution in [0.3, 0.4) is 0 Å². The van der Waals surface area contributed by atoms with Crippen molar-refractivity contribution < 1.29 is 23.1 Å². The van der Waals surface area contributed by atoms with Crippen LogP contribution >= 0.6 is 0 Å². The van der Waals surface area contributed by atoms with Crippen LogP contribution < -0.4 is 15.4 Å². The number of hydrogen-bond donors (Lipinski definition) is 2. The molecule has 176 valence electrons. The molecule has 1 aromatic carbocycles. The number of halogens is 2. The monoisotopic (exact) mass is 470 g/mol. The predicted molar refractivity (Wildman–Crippen MR) is 116 cm³/mol. The molecule has 0 fully saturated rings. The second-order valence-corrected chi connectivity index (χ2v) is 7.29. The molecule has 0 atom stereocenters. The Kier molecular flexibility index (Phi) is 6.08. The van der Waals surface area contributed by atoms with E-state index in [4.69, 9.17) is 4.74 Å². The number of carbonyl (C=O) groups is 2. The summed E-state index contributed by atoms with van der Waals surface area (Å²) in [7, 11) is 3.32. The maximum atomic E-state index is 13.7. The molecule has 0 radical (unpaired) electrons. The quantitative estimate of drug-likeness (QED) is 0.428. The maximum absolute atomic E-state index is 13.7. The summed E-state index contributed by atoms with van der Waals surface area (Å²) in [6.45, 7) is 1.60. The van der Waals surface area contributed by atoms with E-state index in [1.807, 2.05) is 0 Å². The van der Waals surface area contributed by atoms with Gasteiger partial charge in [0.25, 0.3) is 11.8 Å². The molecule has 3 heterocycles. The van der Waals surface area contributed by atoms with Crippen LogP contribution in [0.1, 0.15) is 26.7 Å². The van der Waals surface area contributed by atoms with Crippen molar-refractivity contribution in [2.75, 3.05) is 10.6 Å². The zero-order valence-electron chi connectivity index (χ0n) is 18.4. The van der Waals surface area contributed by atoms with Crippen molar-refractivity contribution in [3.63, 3.8) is 0 Å². The third-order valence-electron chi connectivity index (χ3n) is 5.01. The fraction of sp³-hybridized carbons (Fsp3) is 0.190. The first kappa shape index (κ1) is 22.6. The Morgan fingerprint density at radius 3 is 2.41 bits per heavy atom. The molecule has 13 heteroatoms. The van der Waals surface area contributed by atoms with Crippen molar-refractivity contribution in [1.29, 1.82) is 0 Å². The van der Waals surface area contributed by atoms with Crippen LogP contribution in [-0.4, -0.2) is 41.2 Å². The van der Waals surface area contributed by atoms with E-state index in [9.17, 15) is 18.4 Å². The number of aryl methyl sites for hydroxylation is 2. The smallest absolute Gasteiger partial charge is 0.276 e. The van der Waals surface area contributed by atoms with E-state index in [1.165, 1.54) is 34.0 Å². The molecule has 0 unspecified atom stereocenters. The standard InChI is InChI=1S/C21H20F2N8O3/c1-12-16(9-24-29(12)2)26-21(33)19-17(10-25-30(19)3)27-20(32)15-6-7-31(28-15)11-34-18-5-4-13(22)8-14(18)23/h4-10H,11H2,1-3H3,(H,26,33)(H,27,32). The largest absolute Gasteiger partial charge is 0.468 e. The van der Waals surface area contributed by atoms with Gasteiger partial charge in [0, 0.05) is 26.4 Å². The fourth-order valence-electron chi connectivity index (χ4n) is 3.07. The molecule has 0 aliphatic carbocycles. The van der Waals surface area contributed by atoms with Crippen LogP contribution in [0, 0.1) is 18.6 Å². The van der Waals surface area contributed by atoms with E-state index in [2.05, 4.69) is 25.9 Å². The van der Waals surface area contributed by atoms with Gasteiger partial charge < -0.3 is 15.4 Å². The second-order valence-electron chi connectivity index (χ2n) is 7.29. The average Bonchev–Trinajstić information content (AvgIpc) is 3.49. The molecule has 0 aliphatic heterocycles. The Balaban J connectivity index is 1.43. The summed E-state index contributed by atoms with van der Waals surface area (Å²) < 4.78 is 36.2. The molecule has 4 aromatic rings. The molecule has 0 spiro atoms. The van der Waals surface area contributed by atoms with Crippen LogP contribution in [-0.2, 0) is 20.8 Å². The number of aromatic nitrogens is 6. The lowest BCUT2D eigenvalue weighted by molar-refractivity contribution is 0.101. The first-order valence-corrected chi connectivity index (χ1v) is 9.97. The summed E-state index contributed by atoms with van der Waals surface area (Å²) in [6.07, 6.45) is 4.33. The van der Waals surface area contributed by atoms with Crippen molar-refractivity contribution in [3.05, 3.63) is 71.6 Å². The van der Waals surface area contributed by atoms with Gasteiger partial charge in [0.2, 0.25) is 0 Å². The first-order chi connectivity index (χ1) is 16.2. The summed E-state index contributed by atoms with van der Waals surface area (Å²) in [6, 6.07) is 4.35. The predicted octanol–water partition coefficient (Wildman–Crippen LogP) is 2.48. The van der Waals surface area contributed by atoms with Crippen molar-refractivity contribution in [1.82, 2.24) is 29.3 Å². The number of hydrogen-bond acceptors (Lipinski definition) is 6. The second kappa shape index (κ2) is 9.13. The van der Waals surface area contributed by atoms with Gasteiger partial charge in [-0.25, -0.2) is 13.5 Å². The molecule has 0 bridgehead atoms. The highest BCUT2D eigenvalue weighted by Crippen LogP contribution is 2.20. The van der Waals surface area contributed by atoms with Gasteiger partial charge in [-0.05, 0) is 25.1 Å². The lowest BCUT2D eigenvalue weighted by atomic mass is 10.3. The van der Waals surface area contributed by atoms with Gasteiger partial charge >= 0.3 is 0 Å². The molecule has 3 aromatic heterocycles. The van der Waals surface area contributed by atoms with Crippen LogP contribution in [0.2, 0.25) is 0 Å². The Labute approximate surface area is 191 Å². The molecular weight excluding hydrogens is 450 g/mol. The minimum atomic E-state index is -0.853. The zero-order valence-corrected chi connectivity index (χ0v) is 18.4. The number of ether oxygens (including phenoxy) is 1. The normalized spacial score (nSPS) is 10.9. The van der Waals surface area contributed by atoms with Gasteiger partial charge in [-0.1, -0.05) is 0 Å². The average molecular weight is 470 g/mol. The molecule has 2 amide bonds. The van der Waals surface area contributed by atoms with Gasteiger partial charge in [-0.3, -0.25) is 19.0 Å². The number of rotatable bonds is 7. The number of anilines is 2. The first-order valence-electron chi connectivity index (χ1n) is 9.97. The van der Waals surface area contributed by atoms with Crippen LogP contribution in [0.4, 0.5) is 20.2 Å². The van der Waals surface area contributed by atoms with Crippen molar-refractivity contribution >= 4 is 23.2 Å². The van der Waals surface area contributed by atoms with Crippen molar-refractivity contribution in [2.24, 2.45) is 14.1 Å². The highest BCUT2D eigenvalue weighted by Gasteiger charge is 2.21. The number of amides is 2. The molecule has 2 N–H and O–H groups in total. The van der Waals surface area contributed by atoms with Gasteiger partial charge in [0.05, 0.1) is 29.5 Å². The summed E-state index contributed by atoms with van der Waals surface area (Å²) in [5.74, 6) is -2.80. The van der Waals surface area contributed by atoms with Gasteiger partial charge in [-0.2, -0.15) is 15.3 Å². The van der Waals surface area contributed by atoms with Gasteiger partial charge in [-0.15, -0.1) is 0 Å². The molecule has 4 rings (SSSR count). The number of benzene rings is 1. The summed E-state index contributed by atoms with van der Waals surface area (Å²) in [4.78, 5) is 25.5. The molecule has 11 nitrogen and oxygen atoms in total. The molecule has 0 saturated carbocycles. The maximum Gasteiger partial charge on any atom is 0.276 e. The number of carbonyl (C=O) groups excluding carboxylic acids is 2. The molecule has 34 heavy (non-hydrogen) atoms. The Morgan fingerprint density at radius 1 is 1.00 bits per heavy atom. The third kappa shape index (κ3) is 4.62. The van der Waals surface area contributed by atoms with Gasteiger partial charge in [0.15, 0.2) is 24.0 Å². The Hall–Kier alpha value is -4.55. The molecule has 0 aliphatic rings. The lowest BCUT2D eigenvalue weighted by Crippen LogP contribution is -2.21. The van der Waals surface area contributed by atoms with Crippen molar-refractivity contribution in [2.45, 2.75) is 13.7 Å². The highest BCUT2D eigenvalue weighted by atomic mass is 19.1. The van der Waals surface area contributed by atoms with Crippen LogP contribution in [0.5, 0.6) is 5.75 Å². The number of nitrogens with one attached hydrogen (secondary N) is 2. The fourth-order valence-corrected chi connectivity index (χ4v) is 3.07. The Bertz CT molecular complexity index is 1370. The van der Waals surface area contributed by atoms with E-state index in [0.717, 1.165) is 17.8 Å². The molecular formula is C21H20F2N8O3. The summed E-state index contributed by atoms with van der Waals surface area (Å²) in [5, 5.41) is 17.6. The van der Waals surface area contributed by atoms with Gasteiger partial charge in [0.1, 0.15) is 11.5 Å². The van der Waals surface area contributed by atoms with Crippen LogP contribution in [0.25, 0.3) is 0 Å². The van der Waals surface area contributed by atoms with E-state index in [-0.39, 0.29) is 29.6 Å². The Morgan fingerprint density at radius 2 is 1.71 bits per heavy atom. The molecule has 0 saturated heterocycles. The SMILES string of the molecule is Cc1c(NC(=O)c2c(NC(=O)c3ccn(COc4ccc(F)cc4F)n3)cnn2C)cnn1C. The van der Waals surface area contributed by atoms with E-state index < -0.39 is 23.4 Å². The summed E-state index contributed by atoms with van der Waals surface area (Å²) in [5.41, 5.74) is 1.63. The van der Waals surface area contributed by atoms with Crippen LogP contribution in [0.15, 0.2) is 42.9 Å². The topological polar surface area (TPSA) is 121 Å². The van der Waals surface area contributed by atoms with Crippen molar-refractivity contribution in [3.8, 4) is 5.75 Å². The third-order valence-corrected chi connectivity index (χ3v) is 5.01. The van der Waals surface area contributed by atoms with E-state index in [0.29, 0.717) is 11.8 Å². The number of nitrogens with zero attached hydrogens (tertiary/aromatic N) is 6. The van der Waals surface area contributed by atoms with E-state index >= 15 is 0 Å². The minimum Gasteiger partial charge on any atom is -0.468 e. The zero-order chi connectivity index (χ0) is 24.4. The lowest BCUT2D eigenvalue weighted by Gasteiger charge is -2.08. The summed E-state index contributed by atoms with van der Waals surface area (Å²) >= 11 is 0. The highest BCUT2D eigenvalue weighted by molar-refractivity contribution is 6.11.